The maximum atomic E-state index is 6.27. The zero-order valence-corrected chi connectivity index (χ0v) is 15.7. The standard InChI is InChI=1S/C17H20BrClN4/c1-11-6-4-8-13(18)15(11)21-10-22-17(20)23(3)16-12(2)7-5-9-14(16)19/h4-9,21H,10H2,1-3H3,(H2,20,22). The zero-order valence-electron chi connectivity index (χ0n) is 13.4. The maximum absolute atomic E-state index is 6.27. The number of guanidine groups is 1. The monoisotopic (exact) mass is 394 g/mol. The van der Waals surface area contributed by atoms with Crippen molar-refractivity contribution in [2.75, 3.05) is 23.9 Å². The van der Waals surface area contributed by atoms with Crippen molar-refractivity contribution >= 4 is 44.9 Å². The minimum absolute atomic E-state index is 0.378. The highest BCUT2D eigenvalue weighted by atomic mass is 79.9. The molecule has 122 valence electrons. The first-order valence-electron chi connectivity index (χ1n) is 7.19. The number of hydrogen-bond acceptors (Lipinski definition) is 2. The topological polar surface area (TPSA) is 53.6 Å². The lowest BCUT2D eigenvalue weighted by Crippen LogP contribution is -2.35. The first-order chi connectivity index (χ1) is 10.9. The molecule has 23 heavy (non-hydrogen) atoms. The van der Waals surface area contributed by atoms with Crippen LogP contribution in [-0.2, 0) is 0 Å². The van der Waals surface area contributed by atoms with Crippen molar-refractivity contribution in [3.63, 3.8) is 0 Å². The number of nitrogens with zero attached hydrogens (tertiary/aromatic N) is 2. The third kappa shape index (κ3) is 4.18. The summed E-state index contributed by atoms with van der Waals surface area (Å²) in [6.07, 6.45) is 0. The fourth-order valence-corrected chi connectivity index (χ4v) is 3.28. The van der Waals surface area contributed by atoms with E-state index in [-0.39, 0.29) is 0 Å². The molecule has 2 aromatic carbocycles. The summed E-state index contributed by atoms with van der Waals surface area (Å²) in [5.74, 6) is 0.401. The number of halogens is 2. The highest BCUT2D eigenvalue weighted by molar-refractivity contribution is 9.10. The molecule has 6 heteroatoms. The second-order valence-corrected chi connectivity index (χ2v) is 6.51. The van der Waals surface area contributed by atoms with Gasteiger partial charge in [0.1, 0.15) is 6.67 Å². The van der Waals surface area contributed by atoms with Crippen molar-refractivity contribution in [3.05, 3.63) is 57.0 Å². The van der Waals surface area contributed by atoms with Gasteiger partial charge in [0.15, 0.2) is 5.96 Å². The molecule has 0 aliphatic heterocycles. The van der Waals surface area contributed by atoms with Crippen molar-refractivity contribution < 1.29 is 0 Å². The summed E-state index contributed by atoms with van der Waals surface area (Å²) in [5.41, 5.74) is 10.2. The van der Waals surface area contributed by atoms with E-state index in [0.29, 0.717) is 17.7 Å². The highest BCUT2D eigenvalue weighted by Crippen LogP contribution is 2.28. The molecule has 0 fully saturated rings. The summed E-state index contributed by atoms with van der Waals surface area (Å²) in [4.78, 5) is 6.19. The Balaban J connectivity index is 2.11. The molecule has 0 spiro atoms. The number of hydrogen-bond donors (Lipinski definition) is 2. The van der Waals surface area contributed by atoms with Crippen LogP contribution >= 0.6 is 27.5 Å². The van der Waals surface area contributed by atoms with Gasteiger partial charge in [0.05, 0.1) is 16.4 Å². The number of para-hydroxylation sites is 2. The fourth-order valence-electron chi connectivity index (χ4n) is 2.32. The Morgan fingerprint density at radius 3 is 2.52 bits per heavy atom. The van der Waals surface area contributed by atoms with Gasteiger partial charge in [-0.2, -0.15) is 0 Å². The minimum atomic E-state index is 0.378. The second-order valence-electron chi connectivity index (χ2n) is 5.25. The Morgan fingerprint density at radius 1 is 1.22 bits per heavy atom. The van der Waals surface area contributed by atoms with Gasteiger partial charge in [0.2, 0.25) is 0 Å². The third-order valence-corrected chi connectivity index (χ3v) is 4.55. The predicted octanol–water partition coefficient (Wildman–Crippen LogP) is 4.54. The molecule has 0 atom stereocenters. The number of nitrogens with one attached hydrogen (secondary N) is 1. The van der Waals surface area contributed by atoms with E-state index in [1.54, 1.807) is 4.90 Å². The van der Waals surface area contributed by atoms with Crippen molar-refractivity contribution in [3.8, 4) is 0 Å². The molecule has 2 aromatic rings. The third-order valence-electron chi connectivity index (χ3n) is 3.59. The van der Waals surface area contributed by atoms with Gasteiger partial charge in [-0.25, -0.2) is 4.99 Å². The summed E-state index contributed by atoms with van der Waals surface area (Å²) in [6.45, 7) is 4.41. The molecule has 0 heterocycles. The molecule has 2 rings (SSSR count). The summed E-state index contributed by atoms with van der Waals surface area (Å²) in [6, 6.07) is 11.8. The van der Waals surface area contributed by atoms with Gasteiger partial charge in [0, 0.05) is 11.5 Å². The second kappa shape index (κ2) is 7.70. The van der Waals surface area contributed by atoms with E-state index in [2.05, 4.69) is 26.2 Å². The molecule has 0 unspecified atom stereocenters. The Hall–Kier alpha value is -1.72. The van der Waals surface area contributed by atoms with Crippen LogP contribution in [0.3, 0.4) is 0 Å². The Labute approximate surface area is 150 Å². The zero-order chi connectivity index (χ0) is 17.0. The smallest absolute Gasteiger partial charge is 0.197 e. The number of anilines is 2. The van der Waals surface area contributed by atoms with Gasteiger partial charge >= 0.3 is 0 Å². The molecule has 0 aromatic heterocycles. The number of aryl methyl sites for hydroxylation is 2. The van der Waals surface area contributed by atoms with Crippen LogP contribution in [0.4, 0.5) is 11.4 Å². The molecule has 3 N–H and O–H groups in total. The van der Waals surface area contributed by atoms with Gasteiger partial charge in [0.25, 0.3) is 0 Å². The molecule has 0 saturated heterocycles. The van der Waals surface area contributed by atoms with E-state index >= 15 is 0 Å². The van der Waals surface area contributed by atoms with Crippen molar-refractivity contribution in [1.29, 1.82) is 0 Å². The van der Waals surface area contributed by atoms with Crippen LogP contribution < -0.4 is 16.0 Å². The highest BCUT2D eigenvalue weighted by Gasteiger charge is 2.12. The Morgan fingerprint density at radius 2 is 1.87 bits per heavy atom. The molecular formula is C17H20BrClN4. The summed E-state index contributed by atoms with van der Waals surface area (Å²) >= 11 is 9.79. The van der Waals surface area contributed by atoms with Crippen LogP contribution in [0, 0.1) is 13.8 Å². The lowest BCUT2D eigenvalue weighted by atomic mass is 10.2. The molecule has 0 saturated carbocycles. The maximum Gasteiger partial charge on any atom is 0.197 e. The average Bonchev–Trinajstić information content (AvgIpc) is 2.49. The van der Waals surface area contributed by atoms with Crippen LogP contribution in [0.5, 0.6) is 0 Å². The van der Waals surface area contributed by atoms with Gasteiger partial charge < -0.3 is 16.0 Å². The number of aliphatic imine (C=N–C) groups is 1. The van der Waals surface area contributed by atoms with E-state index < -0.39 is 0 Å². The van der Waals surface area contributed by atoms with E-state index in [1.165, 1.54) is 0 Å². The summed E-state index contributed by atoms with van der Waals surface area (Å²) < 4.78 is 1.00. The number of nitrogens with two attached hydrogens (primary N) is 1. The fraction of sp³-hybridized carbons (Fsp3) is 0.235. The van der Waals surface area contributed by atoms with Crippen LogP contribution in [0.25, 0.3) is 0 Å². The summed E-state index contributed by atoms with van der Waals surface area (Å²) in [5, 5.41) is 3.93. The molecule has 0 aliphatic rings. The molecule has 0 amide bonds. The van der Waals surface area contributed by atoms with Crippen LogP contribution in [-0.4, -0.2) is 19.7 Å². The van der Waals surface area contributed by atoms with E-state index in [9.17, 15) is 0 Å². The van der Waals surface area contributed by atoms with Gasteiger partial charge in [-0.05, 0) is 53.0 Å². The lowest BCUT2D eigenvalue weighted by Gasteiger charge is -2.22. The van der Waals surface area contributed by atoms with Gasteiger partial charge in [-0.3, -0.25) is 0 Å². The lowest BCUT2D eigenvalue weighted by molar-refractivity contribution is 1.08. The average molecular weight is 396 g/mol. The molecular weight excluding hydrogens is 376 g/mol. The first kappa shape index (κ1) is 17.6. The van der Waals surface area contributed by atoms with E-state index in [4.69, 9.17) is 17.3 Å². The van der Waals surface area contributed by atoms with Crippen molar-refractivity contribution in [2.24, 2.45) is 10.7 Å². The summed E-state index contributed by atoms with van der Waals surface area (Å²) in [7, 11) is 1.86. The number of rotatable bonds is 4. The first-order valence-corrected chi connectivity index (χ1v) is 8.36. The SMILES string of the molecule is Cc1cccc(Br)c1NCN=C(N)N(C)c1c(C)cccc1Cl. The van der Waals surface area contributed by atoms with Crippen molar-refractivity contribution in [1.82, 2.24) is 0 Å². The molecule has 0 radical (unpaired) electrons. The molecule has 4 nitrogen and oxygen atoms in total. The minimum Gasteiger partial charge on any atom is -0.369 e. The van der Waals surface area contributed by atoms with Crippen LogP contribution in [0.1, 0.15) is 11.1 Å². The van der Waals surface area contributed by atoms with Crippen LogP contribution in [0.2, 0.25) is 5.02 Å². The predicted molar refractivity (Wildman–Crippen MR) is 104 cm³/mol. The van der Waals surface area contributed by atoms with Gasteiger partial charge in [-0.1, -0.05) is 35.9 Å². The Kier molecular flexibility index (Phi) is 5.91. The Bertz CT molecular complexity index is 690. The van der Waals surface area contributed by atoms with Crippen molar-refractivity contribution in [2.45, 2.75) is 13.8 Å². The number of benzene rings is 2. The quantitative estimate of drug-likeness (QED) is 0.590. The molecule has 0 aliphatic carbocycles. The largest absolute Gasteiger partial charge is 0.369 e. The van der Waals surface area contributed by atoms with E-state index in [1.807, 2.05) is 57.3 Å². The van der Waals surface area contributed by atoms with Crippen LogP contribution in [0.15, 0.2) is 45.9 Å². The molecule has 0 bridgehead atoms. The van der Waals surface area contributed by atoms with Gasteiger partial charge in [-0.15, -0.1) is 0 Å². The van der Waals surface area contributed by atoms with E-state index in [0.717, 1.165) is 27.0 Å². The normalized spacial score (nSPS) is 11.4.